The van der Waals surface area contributed by atoms with Gasteiger partial charge in [-0.2, -0.15) is 0 Å². The molecule has 2 aliphatic rings. The number of unbranched alkanes of at least 4 members (excludes halogenated alkanes) is 1. The van der Waals surface area contributed by atoms with Crippen LogP contribution in [0.15, 0.2) is 36.4 Å². The lowest BCUT2D eigenvalue weighted by molar-refractivity contribution is -0.884. The molecule has 2 heterocycles. The number of aliphatic carboxylic acids is 1. The second-order valence-electron chi connectivity index (χ2n) is 13.6. The highest BCUT2D eigenvalue weighted by Gasteiger charge is 2.48. The Bertz CT molecular complexity index is 1290. The van der Waals surface area contributed by atoms with Crippen LogP contribution in [0.5, 0.6) is 17.2 Å². The molecule has 4 rings (SSSR count). The lowest BCUT2D eigenvalue weighted by Gasteiger charge is -2.31. The summed E-state index contributed by atoms with van der Waals surface area (Å²) in [6.45, 7) is 8.67. The number of quaternary nitrogens is 1. The Morgan fingerprint density at radius 2 is 1.91 bits per heavy atom. The number of carbonyl (C=O) groups excluding carboxylic acids is 1. The standard InChI is InChI=1S/C35H51N3O6/c1-8-10-15-37(27-14-11-13-25(17-27)22-38(4,5)6)32(39)21-36-20-28(33(35(40)41)29(36)16-24(3)12-9-2)26-18-30(42-7)34-31(19-26)43-23-44-34/h11,13-14,17-19,24,28-29,33H,8-10,12,15-16,20-23H2,1-7H3/p+1/t24?,28-,29+,33-/m1/s1. The fourth-order valence-electron chi connectivity index (χ4n) is 6.85. The summed E-state index contributed by atoms with van der Waals surface area (Å²) in [6, 6.07) is 11.8. The molecule has 4 atom stereocenters. The molecule has 0 radical (unpaired) electrons. The predicted octanol–water partition coefficient (Wildman–Crippen LogP) is 5.76. The van der Waals surface area contributed by atoms with Crippen LogP contribution in [0.4, 0.5) is 5.69 Å². The van der Waals surface area contributed by atoms with Gasteiger partial charge < -0.3 is 28.7 Å². The number of ether oxygens (including phenoxy) is 3. The van der Waals surface area contributed by atoms with Gasteiger partial charge in [0.25, 0.3) is 0 Å². The van der Waals surface area contributed by atoms with E-state index in [1.807, 2.05) is 29.2 Å². The molecule has 1 fully saturated rings. The van der Waals surface area contributed by atoms with Crippen LogP contribution in [0.3, 0.4) is 0 Å². The van der Waals surface area contributed by atoms with E-state index in [2.05, 4.69) is 58.9 Å². The number of benzene rings is 2. The Morgan fingerprint density at radius 1 is 1.14 bits per heavy atom. The van der Waals surface area contributed by atoms with E-state index in [1.54, 1.807) is 7.11 Å². The van der Waals surface area contributed by atoms with E-state index in [0.29, 0.717) is 42.7 Å². The lowest BCUT2D eigenvalue weighted by atomic mass is 9.81. The number of carbonyl (C=O) groups is 2. The molecule has 0 spiro atoms. The van der Waals surface area contributed by atoms with Crippen molar-refractivity contribution in [2.24, 2.45) is 11.8 Å². The van der Waals surface area contributed by atoms with Crippen molar-refractivity contribution in [1.82, 2.24) is 4.90 Å². The second kappa shape index (κ2) is 14.7. The van der Waals surface area contributed by atoms with Crippen molar-refractivity contribution < 1.29 is 33.4 Å². The first-order valence-corrected chi connectivity index (χ1v) is 16.1. The molecule has 9 heteroatoms. The third-order valence-corrected chi connectivity index (χ3v) is 8.82. The third kappa shape index (κ3) is 8.04. The number of hydrogen-bond acceptors (Lipinski definition) is 6. The van der Waals surface area contributed by atoms with Crippen LogP contribution in [0.25, 0.3) is 0 Å². The Hall–Kier alpha value is -3.30. The fraction of sp³-hybridized carbons (Fsp3) is 0.600. The summed E-state index contributed by atoms with van der Waals surface area (Å²) in [7, 11) is 8.05. The maximum atomic E-state index is 14.2. The van der Waals surface area contributed by atoms with Crippen LogP contribution in [0.1, 0.15) is 69.9 Å². The van der Waals surface area contributed by atoms with Crippen molar-refractivity contribution in [2.75, 3.05) is 59.6 Å². The zero-order chi connectivity index (χ0) is 32.0. The number of fused-ring (bicyclic) bond motifs is 1. The first-order chi connectivity index (χ1) is 20.9. The van der Waals surface area contributed by atoms with Crippen LogP contribution >= 0.6 is 0 Å². The Balaban J connectivity index is 1.67. The van der Waals surface area contributed by atoms with Gasteiger partial charge in [0, 0.05) is 36.3 Å². The molecule has 9 nitrogen and oxygen atoms in total. The van der Waals surface area contributed by atoms with Gasteiger partial charge in [-0.3, -0.25) is 14.5 Å². The zero-order valence-electron chi connectivity index (χ0n) is 27.7. The van der Waals surface area contributed by atoms with Crippen LogP contribution in [0, 0.1) is 11.8 Å². The zero-order valence-corrected chi connectivity index (χ0v) is 27.7. The van der Waals surface area contributed by atoms with Gasteiger partial charge in [0.15, 0.2) is 11.5 Å². The monoisotopic (exact) mass is 610 g/mol. The number of amides is 1. The molecule has 2 aliphatic heterocycles. The van der Waals surface area contributed by atoms with Gasteiger partial charge in [-0.25, -0.2) is 0 Å². The maximum Gasteiger partial charge on any atom is 0.308 e. The summed E-state index contributed by atoms with van der Waals surface area (Å²) in [4.78, 5) is 31.2. The molecule has 1 unspecified atom stereocenters. The SMILES string of the molecule is CCCCN(C(=O)CN1C[C@H](c2cc(OC)c3c(c2)OCO3)[C@@H](C(=O)O)[C@@H]1CC(C)CCC)c1cccc(C[N+](C)(C)C)c1. The Labute approximate surface area is 263 Å². The number of likely N-dealkylation sites (tertiary alicyclic amines) is 1. The van der Waals surface area contributed by atoms with E-state index >= 15 is 0 Å². The van der Waals surface area contributed by atoms with Crippen LogP contribution in [-0.2, 0) is 16.1 Å². The summed E-state index contributed by atoms with van der Waals surface area (Å²) in [5.74, 6) is 0.118. The molecule has 2 aromatic rings. The summed E-state index contributed by atoms with van der Waals surface area (Å²) in [6.07, 6.45) is 4.61. The van der Waals surface area contributed by atoms with Gasteiger partial charge in [0.2, 0.25) is 18.4 Å². The highest BCUT2D eigenvalue weighted by molar-refractivity contribution is 5.95. The van der Waals surface area contributed by atoms with Crippen molar-refractivity contribution in [3.05, 3.63) is 47.5 Å². The van der Waals surface area contributed by atoms with E-state index in [4.69, 9.17) is 14.2 Å². The molecular weight excluding hydrogens is 558 g/mol. The van der Waals surface area contributed by atoms with E-state index in [1.165, 1.54) is 5.56 Å². The Morgan fingerprint density at radius 3 is 2.57 bits per heavy atom. The lowest BCUT2D eigenvalue weighted by Crippen LogP contribution is -2.45. The highest BCUT2D eigenvalue weighted by atomic mass is 16.7. The second-order valence-corrected chi connectivity index (χ2v) is 13.6. The molecule has 0 aliphatic carbocycles. The molecule has 0 bridgehead atoms. The smallest absolute Gasteiger partial charge is 0.308 e. The minimum atomic E-state index is -0.842. The number of methoxy groups -OCH3 is 1. The number of hydrogen-bond donors (Lipinski definition) is 1. The number of carboxylic acids is 1. The molecule has 1 amide bonds. The van der Waals surface area contributed by atoms with Crippen molar-refractivity contribution in [2.45, 2.75) is 71.4 Å². The highest BCUT2D eigenvalue weighted by Crippen LogP contribution is 2.47. The van der Waals surface area contributed by atoms with Gasteiger partial charge >= 0.3 is 5.97 Å². The summed E-state index contributed by atoms with van der Waals surface area (Å²) < 4.78 is 17.7. The number of anilines is 1. The number of carboxylic acid groups (broad SMARTS) is 1. The molecule has 1 saturated heterocycles. The summed E-state index contributed by atoms with van der Waals surface area (Å²) >= 11 is 0. The maximum absolute atomic E-state index is 14.2. The molecule has 0 saturated carbocycles. The molecule has 1 N–H and O–H groups in total. The molecule has 242 valence electrons. The minimum Gasteiger partial charge on any atom is -0.493 e. The van der Waals surface area contributed by atoms with Crippen LogP contribution < -0.4 is 19.1 Å². The average Bonchev–Trinajstić information content (AvgIpc) is 3.57. The molecule has 0 aromatic heterocycles. The number of nitrogens with zero attached hydrogens (tertiary/aromatic N) is 3. The first-order valence-electron chi connectivity index (χ1n) is 16.1. The fourth-order valence-corrected chi connectivity index (χ4v) is 6.85. The van der Waals surface area contributed by atoms with Gasteiger partial charge in [0.05, 0.1) is 40.7 Å². The van der Waals surface area contributed by atoms with Crippen LogP contribution in [-0.4, -0.2) is 87.1 Å². The van der Waals surface area contributed by atoms with Crippen molar-refractivity contribution in [3.8, 4) is 17.2 Å². The first kappa shape index (κ1) is 33.6. The molecule has 2 aromatic carbocycles. The normalized spacial score (nSPS) is 20.5. The van der Waals surface area contributed by atoms with Crippen molar-refractivity contribution in [3.63, 3.8) is 0 Å². The van der Waals surface area contributed by atoms with Crippen molar-refractivity contribution in [1.29, 1.82) is 0 Å². The predicted molar refractivity (Wildman–Crippen MR) is 172 cm³/mol. The van der Waals surface area contributed by atoms with Crippen molar-refractivity contribution >= 4 is 17.6 Å². The molecular formula is C35H52N3O6+. The van der Waals surface area contributed by atoms with E-state index in [0.717, 1.165) is 48.0 Å². The minimum absolute atomic E-state index is 0.00190. The molecule has 44 heavy (non-hydrogen) atoms. The van der Waals surface area contributed by atoms with Gasteiger partial charge in [-0.05, 0) is 48.6 Å². The van der Waals surface area contributed by atoms with E-state index < -0.39 is 11.9 Å². The third-order valence-electron chi connectivity index (χ3n) is 8.82. The number of rotatable bonds is 15. The van der Waals surface area contributed by atoms with Gasteiger partial charge in [0.1, 0.15) is 6.54 Å². The average molecular weight is 611 g/mol. The summed E-state index contributed by atoms with van der Waals surface area (Å²) in [5, 5.41) is 10.6. The van der Waals surface area contributed by atoms with E-state index in [-0.39, 0.29) is 31.2 Å². The van der Waals surface area contributed by atoms with Gasteiger partial charge in [-0.15, -0.1) is 0 Å². The topological polar surface area (TPSA) is 88.5 Å². The van der Waals surface area contributed by atoms with Crippen LogP contribution in [0.2, 0.25) is 0 Å². The largest absolute Gasteiger partial charge is 0.493 e. The van der Waals surface area contributed by atoms with Gasteiger partial charge in [-0.1, -0.05) is 52.2 Å². The quantitative estimate of drug-likeness (QED) is 0.257. The van der Waals surface area contributed by atoms with E-state index in [9.17, 15) is 14.7 Å². The summed E-state index contributed by atoms with van der Waals surface area (Å²) in [5.41, 5.74) is 2.91. The Kier molecular flexibility index (Phi) is 11.2.